The van der Waals surface area contributed by atoms with Crippen LogP contribution in [-0.2, 0) is 9.59 Å². The normalized spacial score (nSPS) is 16.0. The number of anilines is 2. The largest absolute Gasteiger partial charge is 0.323 e. The zero-order valence-electron chi connectivity index (χ0n) is 15.4. The molecule has 0 unspecified atom stereocenters. The fraction of sp³-hybridized carbons (Fsp3) is 0.333. The SMILES string of the molecule is CC(C)[C@@H](N[C@@H](C)C(=O)N1CC(=O)Nc2ccccc21)c1ccccc1. The Morgan fingerprint density at radius 3 is 2.38 bits per heavy atom. The lowest BCUT2D eigenvalue weighted by atomic mass is 9.95. The van der Waals surface area contributed by atoms with E-state index in [1.807, 2.05) is 49.4 Å². The lowest BCUT2D eigenvalue weighted by Crippen LogP contribution is -2.51. The molecule has 1 aliphatic heterocycles. The van der Waals surface area contributed by atoms with Gasteiger partial charge in [-0.3, -0.25) is 19.8 Å². The molecule has 2 N–H and O–H groups in total. The molecule has 0 aromatic heterocycles. The van der Waals surface area contributed by atoms with E-state index in [2.05, 4.69) is 36.6 Å². The van der Waals surface area contributed by atoms with Crippen LogP contribution in [0, 0.1) is 5.92 Å². The molecule has 0 saturated heterocycles. The smallest absolute Gasteiger partial charge is 0.244 e. The third kappa shape index (κ3) is 3.78. The molecule has 0 radical (unpaired) electrons. The van der Waals surface area contributed by atoms with Gasteiger partial charge in [0.15, 0.2) is 0 Å². The van der Waals surface area contributed by atoms with Gasteiger partial charge in [-0.15, -0.1) is 0 Å². The Labute approximate surface area is 154 Å². The van der Waals surface area contributed by atoms with E-state index in [-0.39, 0.29) is 24.4 Å². The van der Waals surface area contributed by atoms with Crippen molar-refractivity contribution in [3.63, 3.8) is 0 Å². The fourth-order valence-corrected chi connectivity index (χ4v) is 3.34. The van der Waals surface area contributed by atoms with Crippen LogP contribution in [0.5, 0.6) is 0 Å². The van der Waals surface area contributed by atoms with Gasteiger partial charge in [0, 0.05) is 6.04 Å². The van der Waals surface area contributed by atoms with Gasteiger partial charge >= 0.3 is 0 Å². The molecule has 5 heteroatoms. The van der Waals surface area contributed by atoms with Crippen molar-refractivity contribution in [3.05, 3.63) is 60.2 Å². The zero-order chi connectivity index (χ0) is 18.7. The first-order valence-electron chi connectivity index (χ1n) is 8.98. The molecule has 0 fully saturated rings. The number of carbonyl (C=O) groups is 2. The van der Waals surface area contributed by atoms with Gasteiger partial charge in [-0.1, -0.05) is 56.3 Å². The van der Waals surface area contributed by atoms with Crippen molar-refractivity contribution in [2.24, 2.45) is 5.92 Å². The maximum Gasteiger partial charge on any atom is 0.244 e. The number of nitrogens with one attached hydrogen (secondary N) is 2. The maximum atomic E-state index is 13.1. The number of amides is 2. The molecule has 1 heterocycles. The summed E-state index contributed by atoms with van der Waals surface area (Å²) in [5.41, 5.74) is 2.57. The molecule has 0 saturated carbocycles. The highest BCUT2D eigenvalue weighted by atomic mass is 16.2. The molecule has 26 heavy (non-hydrogen) atoms. The molecule has 1 aliphatic rings. The fourth-order valence-electron chi connectivity index (χ4n) is 3.34. The summed E-state index contributed by atoms with van der Waals surface area (Å²) in [6.07, 6.45) is 0. The number of benzene rings is 2. The number of hydrogen-bond acceptors (Lipinski definition) is 3. The summed E-state index contributed by atoms with van der Waals surface area (Å²) in [6.45, 7) is 6.16. The molecule has 3 rings (SSSR count). The standard InChI is InChI=1S/C21H25N3O2/c1-14(2)20(16-9-5-4-6-10-16)22-15(3)21(26)24-13-19(25)23-17-11-7-8-12-18(17)24/h4-12,14-15,20,22H,13H2,1-3H3,(H,23,25)/t15-,20+/m0/s1. The summed E-state index contributed by atoms with van der Waals surface area (Å²) >= 11 is 0. The molecule has 136 valence electrons. The molecule has 0 aliphatic carbocycles. The summed E-state index contributed by atoms with van der Waals surface area (Å²) < 4.78 is 0. The summed E-state index contributed by atoms with van der Waals surface area (Å²) in [7, 11) is 0. The van der Waals surface area contributed by atoms with Gasteiger partial charge in [0.05, 0.1) is 17.4 Å². The average molecular weight is 351 g/mol. The number of fused-ring (bicyclic) bond motifs is 1. The summed E-state index contributed by atoms with van der Waals surface area (Å²) in [5, 5.41) is 6.27. The van der Waals surface area contributed by atoms with Gasteiger partial charge < -0.3 is 5.32 Å². The van der Waals surface area contributed by atoms with Crippen molar-refractivity contribution in [3.8, 4) is 0 Å². The Morgan fingerprint density at radius 1 is 1.04 bits per heavy atom. The predicted molar refractivity (Wildman–Crippen MR) is 104 cm³/mol. The van der Waals surface area contributed by atoms with Crippen LogP contribution < -0.4 is 15.5 Å². The molecule has 2 aromatic rings. The van der Waals surface area contributed by atoms with E-state index in [0.717, 1.165) is 11.3 Å². The van der Waals surface area contributed by atoms with Crippen molar-refractivity contribution >= 4 is 23.2 Å². The molecule has 0 bridgehead atoms. The van der Waals surface area contributed by atoms with Crippen molar-refractivity contribution in [2.75, 3.05) is 16.8 Å². The molecule has 0 spiro atoms. The topological polar surface area (TPSA) is 61.4 Å². The van der Waals surface area contributed by atoms with Gasteiger partial charge in [0.2, 0.25) is 11.8 Å². The minimum absolute atomic E-state index is 0.0412. The number of rotatable bonds is 5. The Kier molecular flexibility index (Phi) is 5.38. The quantitative estimate of drug-likeness (QED) is 0.868. The molecule has 2 aromatic carbocycles. The van der Waals surface area contributed by atoms with Gasteiger partial charge in [0.1, 0.15) is 6.54 Å². The van der Waals surface area contributed by atoms with E-state index in [0.29, 0.717) is 11.6 Å². The first-order chi connectivity index (χ1) is 12.5. The Hall–Kier alpha value is -2.66. The summed E-state index contributed by atoms with van der Waals surface area (Å²) in [4.78, 5) is 26.6. The van der Waals surface area contributed by atoms with Gasteiger partial charge in [0.25, 0.3) is 0 Å². The molecule has 2 atom stereocenters. The van der Waals surface area contributed by atoms with Crippen LogP contribution in [0.1, 0.15) is 32.4 Å². The van der Waals surface area contributed by atoms with Crippen LogP contribution in [-0.4, -0.2) is 24.4 Å². The molecule has 5 nitrogen and oxygen atoms in total. The van der Waals surface area contributed by atoms with E-state index in [9.17, 15) is 9.59 Å². The third-order valence-corrected chi connectivity index (χ3v) is 4.66. The zero-order valence-corrected chi connectivity index (χ0v) is 15.4. The molecule has 2 amide bonds. The molecular weight excluding hydrogens is 326 g/mol. The monoisotopic (exact) mass is 351 g/mol. The average Bonchev–Trinajstić information content (AvgIpc) is 2.65. The van der Waals surface area contributed by atoms with Crippen LogP contribution in [0.3, 0.4) is 0 Å². The lowest BCUT2D eigenvalue weighted by Gasteiger charge is -2.33. The highest BCUT2D eigenvalue weighted by Gasteiger charge is 2.31. The predicted octanol–water partition coefficient (Wildman–Crippen LogP) is 3.35. The van der Waals surface area contributed by atoms with Crippen LogP contribution in [0.25, 0.3) is 0 Å². The third-order valence-electron chi connectivity index (χ3n) is 4.66. The van der Waals surface area contributed by atoms with Crippen LogP contribution in [0.4, 0.5) is 11.4 Å². The number of hydrogen-bond donors (Lipinski definition) is 2. The van der Waals surface area contributed by atoms with Crippen molar-refractivity contribution in [1.29, 1.82) is 0 Å². The van der Waals surface area contributed by atoms with Crippen LogP contribution in [0.15, 0.2) is 54.6 Å². The van der Waals surface area contributed by atoms with E-state index < -0.39 is 6.04 Å². The lowest BCUT2D eigenvalue weighted by molar-refractivity contribution is -0.123. The Balaban J connectivity index is 1.80. The van der Waals surface area contributed by atoms with E-state index >= 15 is 0 Å². The van der Waals surface area contributed by atoms with Crippen LogP contribution >= 0.6 is 0 Å². The van der Waals surface area contributed by atoms with Gasteiger partial charge in [-0.05, 0) is 30.5 Å². The Morgan fingerprint density at radius 2 is 1.69 bits per heavy atom. The minimum atomic E-state index is -0.415. The maximum absolute atomic E-state index is 13.1. The van der Waals surface area contributed by atoms with E-state index in [1.54, 1.807) is 4.90 Å². The minimum Gasteiger partial charge on any atom is -0.323 e. The highest BCUT2D eigenvalue weighted by Crippen LogP contribution is 2.30. The van der Waals surface area contributed by atoms with Crippen LogP contribution in [0.2, 0.25) is 0 Å². The Bertz CT molecular complexity index is 789. The van der Waals surface area contributed by atoms with Gasteiger partial charge in [-0.25, -0.2) is 0 Å². The van der Waals surface area contributed by atoms with Gasteiger partial charge in [-0.2, -0.15) is 0 Å². The number of nitrogens with zero attached hydrogens (tertiary/aromatic N) is 1. The van der Waals surface area contributed by atoms with Crippen molar-refractivity contribution in [2.45, 2.75) is 32.9 Å². The summed E-state index contributed by atoms with van der Waals surface area (Å²) in [6, 6.07) is 17.2. The first kappa shape index (κ1) is 18.1. The van der Waals surface area contributed by atoms with Crippen molar-refractivity contribution in [1.82, 2.24) is 5.32 Å². The second-order valence-electron chi connectivity index (χ2n) is 7.01. The highest BCUT2D eigenvalue weighted by molar-refractivity contribution is 6.11. The summed E-state index contributed by atoms with van der Waals surface area (Å²) in [5.74, 6) is 0.0474. The van der Waals surface area contributed by atoms with Crippen molar-refractivity contribution < 1.29 is 9.59 Å². The second kappa shape index (κ2) is 7.70. The van der Waals surface area contributed by atoms with E-state index in [1.165, 1.54) is 0 Å². The second-order valence-corrected chi connectivity index (χ2v) is 7.01. The number of para-hydroxylation sites is 2. The van der Waals surface area contributed by atoms with E-state index in [4.69, 9.17) is 0 Å². The number of carbonyl (C=O) groups excluding carboxylic acids is 2. The molecular formula is C21H25N3O2. The first-order valence-corrected chi connectivity index (χ1v) is 8.98.